The fourth-order valence-corrected chi connectivity index (χ4v) is 3.15. The molecule has 1 aliphatic heterocycles. The van der Waals surface area contributed by atoms with E-state index in [1.807, 2.05) is 54.4 Å². The molecule has 0 aliphatic carbocycles. The summed E-state index contributed by atoms with van der Waals surface area (Å²) in [6.07, 6.45) is 1.29. The zero-order valence-corrected chi connectivity index (χ0v) is 13.8. The maximum absolute atomic E-state index is 12.3. The van der Waals surface area contributed by atoms with Crippen LogP contribution in [-0.2, 0) is 4.79 Å². The van der Waals surface area contributed by atoms with Crippen LogP contribution in [0, 0.1) is 0 Å². The molecule has 23 heavy (non-hydrogen) atoms. The summed E-state index contributed by atoms with van der Waals surface area (Å²) in [4.78, 5) is 18.6. The van der Waals surface area contributed by atoms with Crippen molar-refractivity contribution in [3.63, 3.8) is 0 Å². The highest BCUT2D eigenvalue weighted by molar-refractivity contribution is 7.99. The van der Waals surface area contributed by atoms with Crippen molar-refractivity contribution in [1.82, 2.24) is 10.3 Å². The van der Waals surface area contributed by atoms with Crippen LogP contribution in [0.4, 0.5) is 5.69 Å². The Kier molecular flexibility index (Phi) is 5.02. The molecule has 1 aliphatic rings. The number of hydrogen-bond acceptors (Lipinski definition) is 5. The Morgan fingerprint density at radius 2 is 2.17 bits per heavy atom. The third-order valence-electron chi connectivity index (χ3n) is 3.57. The van der Waals surface area contributed by atoms with E-state index in [9.17, 15) is 4.79 Å². The standard InChI is InChI=1S/C17H19N3O2S/c1-20-12-15(22-14-7-3-2-6-13(14)20)17(21)19-10-11-23-16-8-4-5-9-18-16/h2-9,15H,10-12H2,1H3,(H,19,21)/t15-/m0/s1. The van der Waals surface area contributed by atoms with E-state index < -0.39 is 6.10 Å². The van der Waals surface area contributed by atoms with E-state index in [-0.39, 0.29) is 5.91 Å². The number of hydrogen-bond donors (Lipinski definition) is 1. The van der Waals surface area contributed by atoms with Gasteiger partial charge < -0.3 is 15.0 Å². The first-order chi connectivity index (χ1) is 11.2. The van der Waals surface area contributed by atoms with Gasteiger partial charge in [0.25, 0.3) is 5.91 Å². The third kappa shape index (κ3) is 3.96. The number of para-hydroxylation sites is 2. The lowest BCUT2D eigenvalue weighted by Gasteiger charge is -2.32. The topological polar surface area (TPSA) is 54.5 Å². The average molecular weight is 329 g/mol. The summed E-state index contributed by atoms with van der Waals surface area (Å²) < 4.78 is 5.81. The van der Waals surface area contributed by atoms with Gasteiger partial charge in [0.15, 0.2) is 6.10 Å². The quantitative estimate of drug-likeness (QED) is 0.673. The van der Waals surface area contributed by atoms with Gasteiger partial charge in [-0.3, -0.25) is 4.79 Å². The summed E-state index contributed by atoms with van der Waals surface area (Å²) in [6.45, 7) is 1.14. The van der Waals surface area contributed by atoms with Crippen LogP contribution in [0.15, 0.2) is 53.7 Å². The normalized spacial score (nSPS) is 16.4. The van der Waals surface area contributed by atoms with Crippen molar-refractivity contribution < 1.29 is 9.53 Å². The minimum atomic E-state index is -0.477. The van der Waals surface area contributed by atoms with Crippen LogP contribution in [0.25, 0.3) is 0 Å². The second-order valence-electron chi connectivity index (χ2n) is 5.26. The molecule has 1 atom stereocenters. The van der Waals surface area contributed by atoms with E-state index in [0.29, 0.717) is 13.1 Å². The summed E-state index contributed by atoms with van der Waals surface area (Å²) in [6, 6.07) is 13.6. The monoisotopic (exact) mass is 329 g/mol. The third-order valence-corrected chi connectivity index (χ3v) is 4.51. The number of anilines is 1. The molecule has 6 heteroatoms. The highest BCUT2D eigenvalue weighted by Gasteiger charge is 2.28. The molecule has 1 aromatic heterocycles. The summed E-state index contributed by atoms with van der Waals surface area (Å²) in [5.41, 5.74) is 1.02. The van der Waals surface area contributed by atoms with E-state index in [1.165, 1.54) is 0 Å². The number of nitrogens with one attached hydrogen (secondary N) is 1. The number of rotatable bonds is 5. The Morgan fingerprint density at radius 1 is 1.35 bits per heavy atom. The van der Waals surface area contributed by atoms with Gasteiger partial charge in [0.2, 0.25) is 0 Å². The second kappa shape index (κ2) is 7.37. The molecule has 0 bridgehead atoms. The van der Waals surface area contributed by atoms with E-state index >= 15 is 0 Å². The van der Waals surface area contributed by atoms with Crippen molar-refractivity contribution in [3.05, 3.63) is 48.7 Å². The molecule has 1 aromatic carbocycles. The molecule has 2 heterocycles. The van der Waals surface area contributed by atoms with Crippen LogP contribution in [0.2, 0.25) is 0 Å². The largest absolute Gasteiger partial charge is 0.477 e. The van der Waals surface area contributed by atoms with Gasteiger partial charge in [-0.15, -0.1) is 11.8 Å². The summed E-state index contributed by atoms with van der Waals surface area (Å²) in [5.74, 6) is 1.46. The number of thioether (sulfide) groups is 1. The predicted octanol–water partition coefficient (Wildman–Crippen LogP) is 2.19. The minimum Gasteiger partial charge on any atom is -0.477 e. The fraction of sp³-hybridized carbons (Fsp3) is 0.294. The zero-order chi connectivity index (χ0) is 16.1. The maximum Gasteiger partial charge on any atom is 0.262 e. The van der Waals surface area contributed by atoms with Crippen molar-refractivity contribution in [3.8, 4) is 5.75 Å². The lowest BCUT2D eigenvalue weighted by molar-refractivity contribution is -0.127. The van der Waals surface area contributed by atoms with Crippen molar-refractivity contribution >= 4 is 23.4 Å². The summed E-state index contributed by atoms with van der Waals surface area (Å²) in [5, 5.41) is 3.90. The van der Waals surface area contributed by atoms with Crippen molar-refractivity contribution in [1.29, 1.82) is 0 Å². The lowest BCUT2D eigenvalue weighted by Crippen LogP contribution is -2.48. The zero-order valence-electron chi connectivity index (χ0n) is 12.9. The first-order valence-corrected chi connectivity index (χ1v) is 8.51. The molecule has 2 aromatic rings. The van der Waals surface area contributed by atoms with E-state index in [1.54, 1.807) is 18.0 Å². The number of nitrogens with zero attached hydrogens (tertiary/aromatic N) is 2. The van der Waals surface area contributed by atoms with Crippen LogP contribution in [0.1, 0.15) is 0 Å². The molecular formula is C17H19N3O2S. The van der Waals surface area contributed by atoms with Gasteiger partial charge >= 0.3 is 0 Å². The van der Waals surface area contributed by atoms with Crippen LogP contribution >= 0.6 is 11.8 Å². The second-order valence-corrected chi connectivity index (χ2v) is 6.38. The van der Waals surface area contributed by atoms with E-state index in [2.05, 4.69) is 10.3 Å². The number of benzene rings is 1. The van der Waals surface area contributed by atoms with E-state index in [0.717, 1.165) is 22.2 Å². The van der Waals surface area contributed by atoms with Crippen molar-refractivity contribution in [2.75, 3.05) is 30.8 Å². The highest BCUT2D eigenvalue weighted by Crippen LogP contribution is 2.31. The molecule has 0 saturated heterocycles. The first kappa shape index (κ1) is 15.7. The van der Waals surface area contributed by atoms with Gasteiger partial charge in [0.1, 0.15) is 5.75 Å². The number of carbonyl (C=O) groups is 1. The SMILES string of the molecule is CN1C[C@@H](C(=O)NCCSc2ccccn2)Oc2ccccc21. The molecular weight excluding hydrogens is 310 g/mol. The Hall–Kier alpha value is -2.21. The molecule has 0 unspecified atom stereocenters. The first-order valence-electron chi connectivity index (χ1n) is 7.52. The molecule has 5 nitrogen and oxygen atoms in total. The van der Waals surface area contributed by atoms with Crippen LogP contribution in [-0.4, -0.2) is 42.9 Å². The lowest BCUT2D eigenvalue weighted by atomic mass is 10.2. The number of aromatic nitrogens is 1. The number of carbonyl (C=O) groups excluding carboxylic acids is 1. The molecule has 0 spiro atoms. The van der Waals surface area contributed by atoms with Crippen LogP contribution in [0.3, 0.4) is 0 Å². The predicted molar refractivity (Wildman–Crippen MR) is 92.1 cm³/mol. The van der Waals surface area contributed by atoms with Gasteiger partial charge in [-0.2, -0.15) is 0 Å². The maximum atomic E-state index is 12.3. The van der Waals surface area contributed by atoms with Crippen LogP contribution < -0.4 is 15.0 Å². The summed E-state index contributed by atoms with van der Waals surface area (Å²) in [7, 11) is 1.97. The molecule has 0 radical (unpaired) electrons. The number of fused-ring (bicyclic) bond motifs is 1. The van der Waals surface area contributed by atoms with Gasteiger partial charge in [-0.05, 0) is 24.3 Å². The Labute approximate surface area is 140 Å². The van der Waals surface area contributed by atoms with E-state index in [4.69, 9.17) is 4.74 Å². The number of ether oxygens (including phenoxy) is 1. The molecule has 3 rings (SSSR count). The fourth-order valence-electron chi connectivity index (χ4n) is 2.42. The smallest absolute Gasteiger partial charge is 0.262 e. The Balaban J connectivity index is 1.48. The van der Waals surface area contributed by atoms with Gasteiger partial charge in [0, 0.05) is 25.5 Å². The van der Waals surface area contributed by atoms with Gasteiger partial charge in [-0.1, -0.05) is 18.2 Å². The average Bonchev–Trinajstić information content (AvgIpc) is 2.59. The molecule has 1 N–H and O–H groups in total. The summed E-state index contributed by atoms with van der Waals surface area (Å²) >= 11 is 1.62. The van der Waals surface area contributed by atoms with Gasteiger partial charge in [-0.25, -0.2) is 4.98 Å². The van der Waals surface area contributed by atoms with Crippen molar-refractivity contribution in [2.45, 2.75) is 11.1 Å². The number of amides is 1. The molecule has 0 saturated carbocycles. The molecule has 120 valence electrons. The van der Waals surface area contributed by atoms with Gasteiger partial charge in [0.05, 0.1) is 17.3 Å². The Morgan fingerprint density at radius 3 is 3.00 bits per heavy atom. The number of likely N-dealkylation sites (N-methyl/N-ethyl adjacent to an activating group) is 1. The Bertz CT molecular complexity index is 666. The molecule has 0 fully saturated rings. The molecule has 1 amide bonds. The highest BCUT2D eigenvalue weighted by atomic mass is 32.2. The minimum absolute atomic E-state index is 0.0760. The van der Waals surface area contributed by atoms with Crippen molar-refractivity contribution in [2.24, 2.45) is 0 Å². The number of pyridine rings is 1. The van der Waals surface area contributed by atoms with Crippen LogP contribution in [0.5, 0.6) is 5.75 Å².